The summed E-state index contributed by atoms with van der Waals surface area (Å²) in [6.07, 6.45) is 8.43. The van der Waals surface area contributed by atoms with E-state index >= 15 is 0 Å². The molecule has 1 aromatic rings. The van der Waals surface area contributed by atoms with Gasteiger partial charge in [-0.2, -0.15) is 0 Å². The van der Waals surface area contributed by atoms with Crippen LogP contribution in [-0.4, -0.2) is 49.2 Å². The van der Waals surface area contributed by atoms with Gasteiger partial charge in [0.25, 0.3) is 0 Å². The van der Waals surface area contributed by atoms with Crippen LogP contribution in [0.25, 0.3) is 6.08 Å². The van der Waals surface area contributed by atoms with Crippen molar-refractivity contribution in [2.75, 3.05) is 20.3 Å². The van der Waals surface area contributed by atoms with Crippen molar-refractivity contribution >= 4 is 35.0 Å². The third kappa shape index (κ3) is 5.33. The Morgan fingerprint density at radius 2 is 2.26 bits per heavy atom. The number of ether oxygens (including phenoxy) is 3. The van der Waals surface area contributed by atoms with Crippen molar-refractivity contribution in [3.63, 3.8) is 0 Å². The van der Waals surface area contributed by atoms with Crippen molar-refractivity contribution < 1.29 is 24.1 Å². The Morgan fingerprint density at radius 3 is 2.96 bits per heavy atom. The first-order chi connectivity index (χ1) is 13.1. The average molecular weight is 415 g/mol. The predicted octanol–water partition coefficient (Wildman–Crippen LogP) is 4.09. The fourth-order valence-electron chi connectivity index (χ4n) is 3.85. The van der Waals surface area contributed by atoms with Gasteiger partial charge in [0.1, 0.15) is 4.88 Å². The van der Waals surface area contributed by atoms with Crippen LogP contribution in [0.5, 0.6) is 0 Å². The smallest absolute Gasteiger partial charge is 0.348 e. The third-order valence-corrected chi connectivity index (χ3v) is 6.86. The Bertz CT molecular complexity index is 640. The number of carbonyl (C=O) groups excluding carboxylic acids is 1. The molecule has 7 heteroatoms. The Balaban J connectivity index is 1.56. The predicted molar refractivity (Wildman–Crippen MR) is 106 cm³/mol. The molecule has 0 radical (unpaired) electrons. The van der Waals surface area contributed by atoms with Gasteiger partial charge in [0.2, 0.25) is 0 Å². The number of halogens is 1. The quantitative estimate of drug-likeness (QED) is 0.537. The first-order valence-corrected chi connectivity index (χ1v) is 10.7. The monoisotopic (exact) mass is 414 g/mol. The molecule has 0 aromatic carbocycles. The highest BCUT2D eigenvalue weighted by Gasteiger charge is 2.43. The second-order valence-electron chi connectivity index (χ2n) is 7.06. The van der Waals surface area contributed by atoms with E-state index < -0.39 is 0 Å². The van der Waals surface area contributed by atoms with Gasteiger partial charge in [0, 0.05) is 29.4 Å². The number of alkyl halides is 1. The van der Waals surface area contributed by atoms with E-state index in [0.717, 1.165) is 43.6 Å². The van der Waals surface area contributed by atoms with Crippen LogP contribution in [0, 0.1) is 11.8 Å². The molecule has 2 heterocycles. The van der Waals surface area contributed by atoms with E-state index in [1.165, 1.54) is 18.4 Å². The molecule has 2 fully saturated rings. The van der Waals surface area contributed by atoms with Crippen molar-refractivity contribution in [3.8, 4) is 0 Å². The van der Waals surface area contributed by atoms with Gasteiger partial charge in [-0.15, -0.1) is 22.9 Å². The number of aliphatic hydroxyl groups excluding tert-OH is 1. The molecule has 1 saturated carbocycles. The number of esters is 1. The highest BCUT2D eigenvalue weighted by molar-refractivity contribution is 7.14. The molecule has 1 saturated heterocycles. The lowest BCUT2D eigenvalue weighted by Gasteiger charge is -2.29. The van der Waals surface area contributed by atoms with Gasteiger partial charge in [-0.3, -0.25) is 0 Å². The van der Waals surface area contributed by atoms with Gasteiger partial charge in [0.15, 0.2) is 6.29 Å². The zero-order chi connectivity index (χ0) is 19.2. The third-order valence-electron chi connectivity index (χ3n) is 5.33. The van der Waals surface area contributed by atoms with Crippen molar-refractivity contribution in [2.45, 2.75) is 49.9 Å². The fraction of sp³-hybridized carbons (Fsp3) is 0.650. The Hall–Kier alpha value is -0.920. The number of rotatable bonds is 7. The number of carbonyl (C=O) groups is 1. The van der Waals surface area contributed by atoms with Crippen molar-refractivity contribution in [1.82, 2.24) is 0 Å². The van der Waals surface area contributed by atoms with Gasteiger partial charge < -0.3 is 19.3 Å². The summed E-state index contributed by atoms with van der Waals surface area (Å²) in [7, 11) is 1.38. The first kappa shape index (κ1) is 20.8. The number of methoxy groups -OCH3 is 1. The second kappa shape index (κ2) is 10.0. The van der Waals surface area contributed by atoms with Gasteiger partial charge in [-0.25, -0.2) is 4.79 Å². The van der Waals surface area contributed by atoms with Crippen molar-refractivity contribution in [3.05, 3.63) is 28.0 Å². The maximum absolute atomic E-state index is 11.5. The maximum Gasteiger partial charge on any atom is 0.348 e. The standard InChI is InChI=1S/C20H27ClO5S/c1-24-20(23)18-9-8-13(27-18)5-4-6-14-15(12-22)17(11-16(14)21)26-19-7-2-3-10-25-19/h4-5,8-9,14-17,19,22H,2-3,6-7,10-12H2,1H3/b5-4+/t14-,15-,16-,17-,19?/m1/s1. The minimum absolute atomic E-state index is 0.0108. The van der Waals surface area contributed by atoms with Crippen LogP contribution in [0.3, 0.4) is 0 Å². The molecule has 3 rings (SSSR count). The molecule has 0 bridgehead atoms. The summed E-state index contributed by atoms with van der Waals surface area (Å²) in [5, 5.41) is 9.88. The largest absolute Gasteiger partial charge is 0.465 e. The average Bonchev–Trinajstić information content (AvgIpc) is 3.27. The topological polar surface area (TPSA) is 65.0 Å². The Morgan fingerprint density at radius 1 is 1.41 bits per heavy atom. The number of allylic oxidation sites excluding steroid dienone is 1. The molecule has 2 aliphatic rings. The normalized spacial score (nSPS) is 31.4. The summed E-state index contributed by atoms with van der Waals surface area (Å²) in [6, 6.07) is 3.66. The number of thiophene rings is 1. The molecule has 1 aromatic heterocycles. The summed E-state index contributed by atoms with van der Waals surface area (Å²) >= 11 is 7.98. The Kier molecular flexibility index (Phi) is 7.73. The molecule has 1 aliphatic heterocycles. The first-order valence-electron chi connectivity index (χ1n) is 9.49. The van der Waals surface area contributed by atoms with Gasteiger partial charge in [0.05, 0.1) is 13.2 Å². The minimum Gasteiger partial charge on any atom is -0.465 e. The minimum atomic E-state index is -0.318. The summed E-state index contributed by atoms with van der Waals surface area (Å²) in [4.78, 5) is 13.1. The number of hydrogen-bond donors (Lipinski definition) is 1. The molecule has 5 atom stereocenters. The van der Waals surface area contributed by atoms with Crippen LogP contribution in [0.1, 0.15) is 46.7 Å². The van der Waals surface area contributed by atoms with Crippen LogP contribution in [-0.2, 0) is 14.2 Å². The molecule has 1 aliphatic carbocycles. The molecule has 1 unspecified atom stereocenters. The van der Waals surface area contributed by atoms with E-state index in [0.29, 0.717) is 4.88 Å². The number of hydrogen-bond acceptors (Lipinski definition) is 6. The summed E-state index contributed by atoms with van der Waals surface area (Å²) in [5.74, 6) is -0.153. The lowest BCUT2D eigenvalue weighted by atomic mass is 9.92. The molecule has 0 amide bonds. The zero-order valence-corrected chi connectivity index (χ0v) is 17.1. The van der Waals surface area contributed by atoms with Crippen molar-refractivity contribution in [2.24, 2.45) is 11.8 Å². The molecule has 1 N–H and O–H groups in total. The van der Waals surface area contributed by atoms with Gasteiger partial charge in [-0.05, 0) is 56.2 Å². The van der Waals surface area contributed by atoms with E-state index in [4.69, 9.17) is 25.8 Å². The van der Waals surface area contributed by atoms with Crippen molar-refractivity contribution in [1.29, 1.82) is 0 Å². The highest BCUT2D eigenvalue weighted by Crippen LogP contribution is 2.41. The molecular formula is C20H27ClO5S. The lowest BCUT2D eigenvalue weighted by molar-refractivity contribution is -0.197. The van der Waals surface area contributed by atoms with Gasteiger partial charge in [-0.1, -0.05) is 6.08 Å². The van der Waals surface area contributed by atoms with Crippen LogP contribution in [0.15, 0.2) is 18.2 Å². The van der Waals surface area contributed by atoms with Gasteiger partial charge >= 0.3 is 5.97 Å². The van der Waals surface area contributed by atoms with E-state index in [2.05, 4.69) is 6.08 Å². The highest BCUT2D eigenvalue weighted by atomic mass is 35.5. The van der Waals surface area contributed by atoms with E-state index in [-0.39, 0.29) is 42.2 Å². The molecule has 5 nitrogen and oxygen atoms in total. The van der Waals surface area contributed by atoms with Crippen LogP contribution in [0.4, 0.5) is 0 Å². The molecule has 0 spiro atoms. The van der Waals surface area contributed by atoms with Crippen LogP contribution >= 0.6 is 22.9 Å². The maximum atomic E-state index is 11.5. The summed E-state index contributed by atoms with van der Waals surface area (Å²) in [5.41, 5.74) is 0. The Labute approximate surface area is 169 Å². The van der Waals surface area contributed by atoms with E-state index in [1.54, 1.807) is 6.07 Å². The zero-order valence-electron chi connectivity index (χ0n) is 15.5. The SMILES string of the molecule is COC(=O)c1ccc(/C=C/C[C@@H]2[C@@H](CO)[C@H](OC3CCCCO3)C[C@H]2Cl)s1. The summed E-state index contributed by atoms with van der Waals surface area (Å²) in [6.45, 7) is 0.802. The van der Waals surface area contributed by atoms with E-state index in [9.17, 15) is 9.90 Å². The molecule has 27 heavy (non-hydrogen) atoms. The number of aliphatic hydroxyl groups is 1. The molecule has 150 valence electrons. The van der Waals surface area contributed by atoms with Crippen LogP contribution in [0.2, 0.25) is 0 Å². The lowest BCUT2D eigenvalue weighted by Crippen LogP contribution is -2.32. The summed E-state index contributed by atoms with van der Waals surface area (Å²) < 4.78 is 16.5. The van der Waals surface area contributed by atoms with Crippen LogP contribution < -0.4 is 0 Å². The molecular weight excluding hydrogens is 388 g/mol. The van der Waals surface area contributed by atoms with E-state index in [1.807, 2.05) is 12.1 Å². The second-order valence-corrected chi connectivity index (χ2v) is 8.74. The fourth-order valence-corrected chi connectivity index (χ4v) is 5.18.